The molecule has 1 N–H and O–H groups in total. The van der Waals surface area contributed by atoms with Crippen molar-refractivity contribution in [2.75, 3.05) is 26.7 Å². The first kappa shape index (κ1) is 23.2. The Hall–Kier alpha value is -2.57. The number of urea groups is 1. The minimum absolute atomic E-state index is 0.0540. The highest BCUT2D eigenvalue weighted by atomic mass is 35.5. The predicted octanol–water partition coefficient (Wildman–Crippen LogP) is 4.50. The van der Waals surface area contributed by atoms with Crippen molar-refractivity contribution < 1.29 is 14.3 Å². The number of piperidine rings is 1. The molecule has 1 aliphatic carbocycles. The molecule has 34 heavy (non-hydrogen) atoms. The van der Waals surface area contributed by atoms with Gasteiger partial charge in [-0.2, -0.15) is 0 Å². The number of likely N-dealkylation sites (tertiary alicyclic amines) is 1. The summed E-state index contributed by atoms with van der Waals surface area (Å²) in [6, 6.07) is 15.5. The van der Waals surface area contributed by atoms with Crippen molar-refractivity contribution in [1.29, 1.82) is 0 Å². The number of imide groups is 1. The van der Waals surface area contributed by atoms with Crippen LogP contribution in [0.4, 0.5) is 4.79 Å². The van der Waals surface area contributed by atoms with E-state index in [1.165, 1.54) is 4.90 Å². The van der Waals surface area contributed by atoms with Gasteiger partial charge in [-0.05, 0) is 68.3 Å². The van der Waals surface area contributed by atoms with Crippen LogP contribution in [0.2, 0.25) is 5.02 Å². The van der Waals surface area contributed by atoms with E-state index in [0.29, 0.717) is 23.9 Å². The Bertz CT molecular complexity index is 1060. The topological polar surface area (TPSA) is 61.9 Å². The van der Waals surface area contributed by atoms with Crippen molar-refractivity contribution in [1.82, 2.24) is 15.1 Å². The number of nitrogens with zero attached hydrogens (tertiary/aromatic N) is 2. The van der Waals surface area contributed by atoms with E-state index in [1.807, 2.05) is 42.5 Å². The molecule has 1 saturated carbocycles. The summed E-state index contributed by atoms with van der Waals surface area (Å²) < 4.78 is 5.52. The molecule has 2 aromatic rings. The number of methoxy groups -OCH3 is 1. The zero-order valence-electron chi connectivity index (χ0n) is 19.6. The first-order valence-electron chi connectivity index (χ1n) is 12.2. The summed E-state index contributed by atoms with van der Waals surface area (Å²) in [5.41, 5.74) is 1.13. The highest BCUT2D eigenvalue weighted by Gasteiger charge is 2.56. The summed E-state index contributed by atoms with van der Waals surface area (Å²) in [6.45, 7) is 3.06. The van der Waals surface area contributed by atoms with E-state index in [0.717, 1.165) is 62.2 Å². The molecule has 2 saturated heterocycles. The fourth-order valence-electron chi connectivity index (χ4n) is 5.51. The fourth-order valence-corrected chi connectivity index (χ4v) is 5.71. The smallest absolute Gasteiger partial charge is 0.325 e. The summed E-state index contributed by atoms with van der Waals surface area (Å²) in [5.74, 6) is 1.33. The number of para-hydroxylation sites is 1. The second kappa shape index (κ2) is 9.59. The molecule has 2 heterocycles. The second-order valence-corrected chi connectivity index (χ2v) is 10.3. The number of benzene rings is 2. The van der Waals surface area contributed by atoms with Crippen LogP contribution in [0.15, 0.2) is 48.5 Å². The lowest BCUT2D eigenvalue weighted by molar-refractivity contribution is -0.134. The number of amides is 3. The number of carbonyl (C=O) groups excluding carboxylic acids is 2. The monoisotopic (exact) mass is 481 g/mol. The number of hydrogen-bond donors (Lipinski definition) is 1. The van der Waals surface area contributed by atoms with E-state index >= 15 is 0 Å². The van der Waals surface area contributed by atoms with Crippen LogP contribution < -0.4 is 10.1 Å². The van der Waals surface area contributed by atoms with Gasteiger partial charge >= 0.3 is 6.03 Å². The van der Waals surface area contributed by atoms with Gasteiger partial charge in [0.05, 0.1) is 7.11 Å². The molecule has 5 rings (SSSR count). The molecule has 2 aromatic carbocycles. The molecule has 3 amide bonds. The third-order valence-electron chi connectivity index (χ3n) is 7.64. The molecule has 180 valence electrons. The molecule has 0 spiro atoms. The normalized spacial score (nSPS) is 23.9. The van der Waals surface area contributed by atoms with Crippen LogP contribution in [-0.4, -0.2) is 54.0 Å². The van der Waals surface area contributed by atoms with Crippen LogP contribution in [-0.2, 0) is 17.8 Å². The average Bonchev–Trinajstić information content (AvgIpc) is 3.64. The zero-order chi connectivity index (χ0) is 23.7. The molecule has 6 nitrogen and oxygen atoms in total. The van der Waals surface area contributed by atoms with Gasteiger partial charge in [-0.25, -0.2) is 4.79 Å². The van der Waals surface area contributed by atoms with Crippen molar-refractivity contribution in [2.24, 2.45) is 11.8 Å². The SMILES string of the molecule is COc1ccccc1CN1CCC(C2(Cc3ccccc3Cl)NC(=O)N(CC3CC3)C2=O)CC1. The van der Waals surface area contributed by atoms with Gasteiger partial charge in [0.15, 0.2) is 0 Å². The summed E-state index contributed by atoms with van der Waals surface area (Å²) in [7, 11) is 1.70. The Balaban J connectivity index is 1.35. The molecule has 0 aromatic heterocycles. The first-order chi connectivity index (χ1) is 16.5. The minimum Gasteiger partial charge on any atom is -0.496 e. The maximum Gasteiger partial charge on any atom is 0.325 e. The van der Waals surface area contributed by atoms with E-state index < -0.39 is 5.54 Å². The van der Waals surface area contributed by atoms with Crippen LogP contribution in [0, 0.1) is 11.8 Å². The maximum absolute atomic E-state index is 13.8. The predicted molar refractivity (Wildman–Crippen MR) is 132 cm³/mol. The lowest BCUT2D eigenvalue weighted by atomic mass is 9.73. The van der Waals surface area contributed by atoms with Crippen LogP contribution >= 0.6 is 11.6 Å². The molecule has 2 aliphatic heterocycles. The molecule has 0 bridgehead atoms. The maximum atomic E-state index is 13.8. The van der Waals surface area contributed by atoms with E-state index in [-0.39, 0.29) is 17.9 Å². The molecule has 1 atom stereocenters. The number of carbonyl (C=O) groups is 2. The van der Waals surface area contributed by atoms with Gasteiger partial charge in [-0.3, -0.25) is 14.6 Å². The van der Waals surface area contributed by atoms with Crippen molar-refractivity contribution in [3.05, 3.63) is 64.7 Å². The van der Waals surface area contributed by atoms with Crippen LogP contribution in [0.5, 0.6) is 5.75 Å². The summed E-state index contributed by atoms with van der Waals surface area (Å²) in [5, 5.41) is 3.81. The summed E-state index contributed by atoms with van der Waals surface area (Å²) >= 11 is 6.50. The van der Waals surface area contributed by atoms with E-state index in [4.69, 9.17) is 16.3 Å². The summed E-state index contributed by atoms with van der Waals surface area (Å²) in [6.07, 6.45) is 4.28. The molecular formula is C27H32ClN3O3. The third-order valence-corrected chi connectivity index (χ3v) is 8.01. The van der Waals surface area contributed by atoms with Gasteiger partial charge in [-0.1, -0.05) is 48.0 Å². The average molecular weight is 482 g/mol. The third kappa shape index (κ3) is 4.53. The van der Waals surface area contributed by atoms with E-state index in [1.54, 1.807) is 7.11 Å². The standard InChI is InChI=1S/C27H32ClN3O3/c1-34-24-9-5-3-7-21(24)18-30-14-12-22(13-15-30)27(16-20-6-2-4-8-23(20)28)25(32)31(26(33)29-27)17-19-10-11-19/h2-9,19,22H,10-18H2,1H3,(H,29,33). The summed E-state index contributed by atoms with van der Waals surface area (Å²) in [4.78, 5) is 30.7. The second-order valence-electron chi connectivity index (χ2n) is 9.89. The molecule has 3 fully saturated rings. The number of halogens is 1. The first-order valence-corrected chi connectivity index (χ1v) is 12.6. The number of ether oxygens (including phenoxy) is 1. The van der Waals surface area contributed by atoms with Gasteiger partial charge in [-0.15, -0.1) is 0 Å². The Labute approximate surface area is 206 Å². The molecular weight excluding hydrogens is 450 g/mol. The molecule has 0 radical (unpaired) electrons. The number of nitrogens with one attached hydrogen (secondary N) is 1. The van der Waals surface area contributed by atoms with Crippen molar-refractivity contribution >= 4 is 23.5 Å². The van der Waals surface area contributed by atoms with Crippen molar-refractivity contribution in [3.63, 3.8) is 0 Å². The lowest BCUT2D eigenvalue weighted by Gasteiger charge is -2.41. The largest absolute Gasteiger partial charge is 0.496 e. The Morgan fingerprint density at radius 3 is 2.35 bits per heavy atom. The highest BCUT2D eigenvalue weighted by molar-refractivity contribution is 6.31. The zero-order valence-corrected chi connectivity index (χ0v) is 20.4. The number of rotatable bonds is 8. The molecule has 7 heteroatoms. The molecule has 1 unspecified atom stereocenters. The van der Waals surface area contributed by atoms with Gasteiger partial charge in [0.25, 0.3) is 5.91 Å². The fraction of sp³-hybridized carbons (Fsp3) is 0.481. The Morgan fingerprint density at radius 2 is 1.68 bits per heavy atom. The van der Waals surface area contributed by atoms with Gasteiger partial charge in [0.2, 0.25) is 0 Å². The van der Waals surface area contributed by atoms with E-state index in [2.05, 4.69) is 16.3 Å². The highest BCUT2D eigenvalue weighted by Crippen LogP contribution is 2.40. The lowest BCUT2D eigenvalue weighted by Crippen LogP contribution is -2.57. The minimum atomic E-state index is -0.937. The van der Waals surface area contributed by atoms with Gasteiger partial charge in [0, 0.05) is 30.1 Å². The van der Waals surface area contributed by atoms with Gasteiger partial charge < -0.3 is 10.1 Å². The van der Waals surface area contributed by atoms with Crippen LogP contribution in [0.3, 0.4) is 0 Å². The quantitative estimate of drug-likeness (QED) is 0.564. The van der Waals surface area contributed by atoms with E-state index in [9.17, 15) is 9.59 Å². The molecule has 3 aliphatic rings. The van der Waals surface area contributed by atoms with Crippen LogP contribution in [0.25, 0.3) is 0 Å². The van der Waals surface area contributed by atoms with Crippen molar-refractivity contribution in [2.45, 2.75) is 44.2 Å². The van der Waals surface area contributed by atoms with Crippen LogP contribution in [0.1, 0.15) is 36.8 Å². The Morgan fingerprint density at radius 1 is 1.00 bits per heavy atom. The van der Waals surface area contributed by atoms with Gasteiger partial charge in [0.1, 0.15) is 11.3 Å². The number of hydrogen-bond acceptors (Lipinski definition) is 4. The Kier molecular flexibility index (Phi) is 6.54. The van der Waals surface area contributed by atoms with Crippen molar-refractivity contribution in [3.8, 4) is 5.75 Å².